The van der Waals surface area contributed by atoms with Crippen LogP contribution in [0, 0.1) is 12.8 Å². The molecule has 1 nitrogen and oxygen atoms in total. The third-order valence-corrected chi connectivity index (χ3v) is 2.65. The van der Waals surface area contributed by atoms with Crippen LogP contribution >= 0.6 is 0 Å². The van der Waals surface area contributed by atoms with E-state index in [0.717, 1.165) is 12.8 Å². The fourth-order valence-electron chi connectivity index (χ4n) is 1.51. The van der Waals surface area contributed by atoms with Crippen LogP contribution in [0.5, 0.6) is 0 Å². The highest BCUT2D eigenvalue weighted by atomic mass is 16.1. The maximum absolute atomic E-state index is 11.4. The Morgan fingerprint density at radius 1 is 1.12 bits per heavy atom. The van der Waals surface area contributed by atoms with Gasteiger partial charge in [-0.25, -0.2) is 0 Å². The number of Topliss-reactive ketones (excluding diaryl/α,β-unsaturated/α-hetero) is 1. The Bertz CT molecular complexity index is 309. The third-order valence-electron chi connectivity index (χ3n) is 2.65. The van der Waals surface area contributed by atoms with Gasteiger partial charge >= 0.3 is 0 Å². The molecule has 17 heavy (non-hydrogen) atoms. The molecule has 0 aliphatic rings. The van der Waals surface area contributed by atoms with Crippen molar-refractivity contribution in [2.24, 2.45) is 5.92 Å². The van der Waals surface area contributed by atoms with E-state index in [9.17, 15) is 4.79 Å². The van der Waals surface area contributed by atoms with Gasteiger partial charge in [0.25, 0.3) is 0 Å². The van der Waals surface area contributed by atoms with Gasteiger partial charge < -0.3 is 0 Å². The molecule has 0 heterocycles. The normalized spacial score (nSPS) is 9.76. The minimum absolute atomic E-state index is 0.183. The van der Waals surface area contributed by atoms with Crippen LogP contribution in [0.4, 0.5) is 0 Å². The Morgan fingerprint density at radius 2 is 1.65 bits per heavy atom. The fourth-order valence-corrected chi connectivity index (χ4v) is 1.51. The molecule has 1 rings (SSSR count). The smallest absolute Gasteiger partial charge is 0.135 e. The highest BCUT2D eigenvalue weighted by Crippen LogP contribution is 2.09. The van der Waals surface area contributed by atoms with Gasteiger partial charge in [0, 0.05) is 12.3 Å². The standard InChI is InChI=1S/C14H20O.C2H6/c1-11(2)14(15)6-4-5-13-9-7-12(3)8-10-13;1-2/h7-11H,4-6H2,1-3H3;1-2H3. The summed E-state index contributed by atoms with van der Waals surface area (Å²) in [6.45, 7) is 10.0. The first-order chi connectivity index (χ1) is 8.09. The van der Waals surface area contributed by atoms with Crippen LogP contribution in [-0.2, 0) is 11.2 Å². The lowest BCUT2D eigenvalue weighted by Gasteiger charge is -2.04. The molecule has 0 fully saturated rings. The summed E-state index contributed by atoms with van der Waals surface area (Å²) in [4.78, 5) is 11.4. The van der Waals surface area contributed by atoms with E-state index in [1.807, 2.05) is 27.7 Å². The Labute approximate surface area is 106 Å². The molecule has 0 amide bonds. The van der Waals surface area contributed by atoms with E-state index in [2.05, 4.69) is 31.2 Å². The predicted molar refractivity (Wildman–Crippen MR) is 75.3 cm³/mol. The summed E-state index contributed by atoms with van der Waals surface area (Å²) in [6.07, 6.45) is 2.70. The molecule has 0 saturated carbocycles. The first-order valence-corrected chi connectivity index (χ1v) is 6.68. The average molecular weight is 234 g/mol. The van der Waals surface area contributed by atoms with Crippen LogP contribution in [0.25, 0.3) is 0 Å². The molecule has 0 radical (unpaired) electrons. The van der Waals surface area contributed by atoms with E-state index in [-0.39, 0.29) is 5.92 Å². The van der Waals surface area contributed by atoms with Gasteiger partial charge in [-0.1, -0.05) is 57.5 Å². The van der Waals surface area contributed by atoms with Crippen LogP contribution in [0.15, 0.2) is 24.3 Å². The molecular formula is C16H26O. The van der Waals surface area contributed by atoms with Gasteiger partial charge in [0.2, 0.25) is 0 Å². The van der Waals surface area contributed by atoms with Crippen LogP contribution in [0.1, 0.15) is 51.7 Å². The summed E-state index contributed by atoms with van der Waals surface area (Å²) in [5.41, 5.74) is 2.62. The van der Waals surface area contributed by atoms with Crippen LogP contribution in [-0.4, -0.2) is 5.78 Å². The van der Waals surface area contributed by atoms with Crippen molar-refractivity contribution >= 4 is 5.78 Å². The Hall–Kier alpha value is -1.11. The lowest BCUT2D eigenvalue weighted by atomic mass is 10.0. The second kappa shape index (κ2) is 8.98. The number of rotatable bonds is 5. The topological polar surface area (TPSA) is 17.1 Å². The van der Waals surface area contributed by atoms with Crippen molar-refractivity contribution in [3.63, 3.8) is 0 Å². The molecule has 0 atom stereocenters. The zero-order valence-electron chi connectivity index (χ0n) is 11.9. The minimum atomic E-state index is 0.183. The first kappa shape index (κ1) is 15.9. The van der Waals surface area contributed by atoms with Gasteiger partial charge in [-0.15, -0.1) is 0 Å². The minimum Gasteiger partial charge on any atom is -0.299 e. The molecule has 0 aliphatic heterocycles. The fraction of sp³-hybridized carbons (Fsp3) is 0.562. The van der Waals surface area contributed by atoms with Crippen LogP contribution in [0.3, 0.4) is 0 Å². The van der Waals surface area contributed by atoms with E-state index in [0.29, 0.717) is 12.2 Å². The maximum Gasteiger partial charge on any atom is 0.135 e. The SMILES string of the molecule is CC.Cc1ccc(CCCC(=O)C(C)C)cc1. The summed E-state index contributed by atoms with van der Waals surface area (Å²) in [6, 6.07) is 8.55. The Balaban J connectivity index is 0.00000121. The van der Waals surface area contributed by atoms with Crippen molar-refractivity contribution < 1.29 is 4.79 Å². The zero-order chi connectivity index (χ0) is 13.3. The number of aryl methyl sites for hydroxylation is 2. The number of hydrogen-bond donors (Lipinski definition) is 0. The number of benzene rings is 1. The van der Waals surface area contributed by atoms with Crippen molar-refractivity contribution in [3.05, 3.63) is 35.4 Å². The van der Waals surface area contributed by atoms with E-state index in [1.165, 1.54) is 11.1 Å². The number of hydrogen-bond acceptors (Lipinski definition) is 1. The lowest BCUT2D eigenvalue weighted by molar-refractivity contribution is -0.121. The van der Waals surface area contributed by atoms with Gasteiger partial charge in [-0.3, -0.25) is 4.79 Å². The summed E-state index contributed by atoms with van der Waals surface area (Å²) in [5.74, 6) is 0.560. The van der Waals surface area contributed by atoms with Crippen molar-refractivity contribution in [1.82, 2.24) is 0 Å². The van der Waals surface area contributed by atoms with Crippen LogP contribution < -0.4 is 0 Å². The molecule has 96 valence electrons. The number of carbonyl (C=O) groups excluding carboxylic acids is 1. The second-order valence-electron chi connectivity index (χ2n) is 4.46. The summed E-state index contributed by atoms with van der Waals surface area (Å²) < 4.78 is 0. The zero-order valence-corrected chi connectivity index (χ0v) is 11.9. The molecule has 0 spiro atoms. The monoisotopic (exact) mass is 234 g/mol. The van der Waals surface area contributed by atoms with Gasteiger partial charge in [0.1, 0.15) is 5.78 Å². The summed E-state index contributed by atoms with van der Waals surface area (Å²) in [7, 11) is 0. The molecule has 0 saturated heterocycles. The second-order valence-corrected chi connectivity index (χ2v) is 4.46. The van der Waals surface area contributed by atoms with Gasteiger partial charge in [0.15, 0.2) is 0 Å². The number of ketones is 1. The van der Waals surface area contributed by atoms with Crippen molar-refractivity contribution in [3.8, 4) is 0 Å². The highest BCUT2D eigenvalue weighted by Gasteiger charge is 2.06. The quantitative estimate of drug-likeness (QED) is 0.729. The molecule has 0 N–H and O–H groups in total. The van der Waals surface area contributed by atoms with Crippen molar-refractivity contribution in [1.29, 1.82) is 0 Å². The summed E-state index contributed by atoms with van der Waals surface area (Å²) in [5, 5.41) is 0. The molecule has 0 unspecified atom stereocenters. The molecular weight excluding hydrogens is 208 g/mol. The Morgan fingerprint density at radius 3 is 2.12 bits per heavy atom. The van der Waals surface area contributed by atoms with E-state index in [4.69, 9.17) is 0 Å². The summed E-state index contributed by atoms with van der Waals surface area (Å²) >= 11 is 0. The molecule has 1 heteroatoms. The third kappa shape index (κ3) is 6.93. The van der Waals surface area contributed by atoms with E-state index < -0.39 is 0 Å². The lowest BCUT2D eigenvalue weighted by Crippen LogP contribution is -2.06. The Kier molecular flexibility index (Phi) is 8.39. The van der Waals surface area contributed by atoms with Gasteiger partial charge in [-0.05, 0) is 25.3 Å². The average Bonchev–Trinajstić information content (AvgIpc) is 2.34. The van der Waals surface area contributed by atoms with Crippen LogP contribution in [0.2, 0.25) is 0 Å². The predicted octanol–water partition coefficient (Wildman–Crippen LogP) is 4.57. The number of carbonyl (C=O) groups is 1. The van der Waals surface area contributed by atoms with E-state index in [1.54, 1.807) is 0 Å². The highest BCUT2D eigenvalue weighted by molar-refractivity contribution is 5.80. The van der Waals surface area contributed by atoms with Crippen molar-refractivity contribution in [2.75, 3.05) is 0 Å². The molecule has 0 aromatic heterocycles. The molecule has 1 aromatic carbocycles. The van der Waals surface area contributed by atoms with Gasteiger partial charge in [-0.2, -0.15) is 0 Å². The molecule has 0 aliphatic carbocycles. The first-order valence-electron chi connectivity index (χ1n) is 6.68. The van der Waals surface area contributed by atoms with Crippen molar-refractivity contribution in [2.45, 2.75) is 53.9 Å². The van der Waals surface area contributed by atoms with E-state index >= 15 is 0 Å². The maximum atomic E-state index is 11.4. The largest absolute Gasteiger partial charge is 0.299 e. The molecule has 0 bridgehead atoms. The van der Waals surface area contributed by atoms with Gasteiger partial charge in [0.05, 0.1) is 0 Å². The molecule has 1 aromatic rings.